The number of benzene rings is 1. The largest absolute Gasteiger partial charge is 0.363 e. The third-order valence-electron chi connectivity index (χ3n) is 8.58. The van der Waals surface area contributed by atoms with Crippen LogP contribution in [0.3, 0.4) is 0 Å². The van der Waals surface area contributed by atoms with E-state index in [1.54, 1.807) is 0 Å². The molecule has 0 bridgehead atoms. The Morgan fingerprint density at radius 2 is 1.62 bits per heavy atom. The number of nitrogens with zero attached hydrogens (tertiary/aromatic N) is 1. The summed E-state index contributed by atoms with van der Waals surface area (Å²) < 4.78 is 0. The van der Waals surface area contributed by atoms with Crippen molar-refractivity contribution in [2.75, 3.05) is 18.1 Å². The van der Waals surface area contributed by atoms with Gasteiger partial charge in [0.15, 0.2) is 0 Å². The maximum absolute atomic E-state index is 14.0. The van der Waals surface area contributed by atoms with Crippen LogP contribution in [0.4, 0.5) is 4.79 Å². The van der Waals surface area contributed by atoms with Crippen LogP contribution in [0, 0.1) is 11.3 Å². The molecule has 3 fully saturated rings. The number of hydrogen-bond donors (Lipinski definition) is 4. The van der Waals surface area contributed by atoms with Gasteiger partial charge >= 0.3 is 6.03 Å². The van der Waals surface area contributed by atoms with Crippen molar-refractivity contribution in [2.24, 2.45) is 17.1 Å². The molecule has 4 rings (SSSR count). The van der Waals surface area contributed by atoms with E-state index in [0.29, 0.717) is 32.2 Å². The van der Waals surface area contributed by atoms with Crippen LogP contribution in [0.25, 0.3) is 0 Å². The Morgan fingerprint density at radius 1 is 1.00 bits per heavy atom. The molecule has 1 aromatic carbocycles. The first kappa shape index (κ1) is 36.4. The quantitative estimate of drug-likeness (QED) is 0.268. The summed E-state index contributed by atoms with van der Waals surface area (Å²) in [4.78, 5) is 66.4. The fourth-order valence-electron chi connectivity index (χ4n) is 5.98. The van der Waals surface area contributed by atoms with Gasteiger partial charge in [-0.15, -0.1) is 0 Å². The van der Waals surface area contributed by atoms with Gasteiger partial charge in [-0.05, 0) is 66.9 Å². The fourth-order valence-corrected chi connectivity index (χ4v) is 7.25. The van der Waals surface area contributed by atoms with Crippen molar-refractivity contribution in [3.63, 3.8) is 0 Å². The molecule has 0 radical (unpaired) electrons. The number of hydrogen-bond acceptors (Lipinski definition) is 6. The molecule has 5 N–H and O–H groups in total. The van der Waals surface area contributed by atoms with Gasteiger partial charge in [0, 0.05) is 12.1 Å². The van der Waals surface area contributed by atoms with E-state index < -0.39 is 52.7 Å². The molecule has 10 nitrogen and oxygen atoms in total. The van der Waals surface area contributed by atoms with Crippen LogP contribution in [0.1, 0.15) is 91.5 Å². The topological polar surface area (TPSA) is 151 Å². The molecular formula is C34H53N5O5S. The summed E-state index contributed by atoms with van der Waals surface area (Å²) in [6.45, 7) is 10.3. The Balaban J connectivity index is 0.00000177. The molecule has 3 atom stereocenters. The van der Waals surface area contributed by atoms with Crippen molar-refractivity contribution < 1.29 is 24.0 Å². The number of carbonyl (C=O) groups is 5. The highest BCUT2D eigenvalue weighted by Crippen LogP contribution is 2.34. The number of likely N-dealkylation sites (tertiary alicyclic amines) is 1. The molecular weight excluding hydrogens is 590 g/mol. The summed E-state index contributed by atoms with van der Waals surface area (Å²) in [7, 11) is 0. The van der Waals surface area contributed by atoms with E-state index in [4.69, 9.17) is 5.73 Å². The van der Waals surface area contributed by atoms with Gasteiger partial charge in [0.2, 0.25) is 17.6 Å². The van der Waals surface area contributed by atoms with Gasteiger partial charge in [0.05, 0.1) is 6.04 Å². The molecule has 1 aromatic rings. The lowest BCUT2D eigenvalue weighted by Crippen LogP contribution is -2.62. The van der Waals surface area contributed by atoms with E-state index in [1.807, 2.05) is 50.7 Å². The lowest BCUT2D eigenvalue weighted by molar-refractivity contribution is -0.143. The van der Waals surface area contributed by atoms with Gasteiger partial charge in [-0.1, -0.05) is 84.2 Å². The van der Waals surface area contributed by atoms with Crippen molar-refractivity contribution in [1.29, 1.82) is 0 Å². The first-order valence-electron chi connectivity index (χ1n) is 16.4. The standard InChI is InChI=1S/C31H45N5O5S.C3H8/c1-30(2,3)25(34-29(41)35-31(13-16-42-17-14-31)19-21-8-5-4-6-9-21)28(40)36-15-7-10-23(36)27(39)33-22(18-20-11-12-20)24(37)26(32)38;1-3-2/h4-6,8-9,20,22-23,25H,7,10-19H2,1-3H3,(H2,32,38)(H,33,39)(H2,34,35,41);3H2,1-2H3/t22?,23-,25?;/m0./s1. The highest BCUT2D eigenvalue weighted by molar-refractivity contribution is 7.99. The van der Waals surface area contributed by atoms with Gasteiger partial charge in [-0.2, -0.15) is 11.8 Å². The smallest absolute Gasteiger partial charge is 0.315 e. The van der Waals surface area contributed by atoms with E-state index in [1.165, 1.54) is 11.3 Å². The number of thioether (sulfide) groups is 1. The molecule has 0 spiro atoms. The van der Waals surface area contributed by atoms with E-state index in [9.17, 15) is 24.0 Å². The number of ketones is 1. The summed E-state index contributed by atoms with van der Waals surface area (Å²) in [5.74, 6) is -0.543. The third kappa shape index (κ3) is 10.8. The van der Waals surface area contributed by atoms with Gasteiger partial charge in [-0.3, -0.25) is 19.2 Å². The normalized spacial score (nSPS) is 20.6. The Bertz CT molecular complexity index is 1180. The van der Waals surface area contributed by atoms with Gasteiger partial charge in [0.1, 0.15) is 12.1 Å². The molecule has 0 aromatic heterocycles. The second-order valence-corrected chi connectivity index (χ2v) is 15.0. The van der Waals surface area contributed by atoms with Gasteiger partial charge in [0.25, 0.3) is 5.91 Å². The lowest BCUT2D eigenvalue weighted by atomic mass is 9.84. The molecule has 2 saturated heterocycles. The maximum atomic E-state index is 14.0. The fraction of sp³-hybridized carbons (Fsp3) is 0.676. The first-order chi connectivity index (χ1) is 21.3. The summed E-state index contributed by atoms with van der Waals surface area (Å²) in [6, 6.07) is 7.03. The molecule has 5 amide bonds. The number of carbonyl (C=O) groups excluding carboxylic acids is 5. The van der Waals surface area contributed by atoms with Crippen LogP contribution >= 0.6 is 11.8 Å². The van der Waals surface area contributed by atoms with Crippen LogP contribution in [0.15, 0.2) is 30.3 Å². The Hall–Kier alpha value is -3.08. The highest BCUT2D eigenvalue weighted by atomic mass is 32.2. The van der Waals surface area contributed by atoms with Crippen LogP contribution < -0.4 is 21.7 Å². The third-order valence-corrected chi connectivity index (χ3v) is 9.57. The summed E-state index contributed by atoms with van der Waals surface area (Å²) >= 11 is 1.87. The zero-order valence-electron chi connectivity index (χ0n) is 27.7. The monoisotopic (exact) mass is 643 g/mol. The van der Waals surface area contributed by atoms with E-state index in [2.05, 4.69) is 41.9 Å². The van der Waals surface area contributed by atoms with E-state index in [-0.39, 0.29) is 11.8 Å². The Kier molecular flexibility index (Phi) is 13.3. The highest BCUT2D eigenvalue weighted by Gasteiger charge is 2.44. The van der Waals surface area contributed by atoms with Crippen molar-refractivity contribution in [3.8, 4) is 0 Å². The number of primary amides is 1. The zero-order chi connectivity index (χ0) is 33.2. The average molecular weight is 644 g/mol. The number of rotatable bonds is 11. The minimum absolute atomic E-state index is 0.279. The van der Waals surface area contributed by atoms with Crippen LogP contribution in [0.2, 0.25) is 0 Å². The Morgan fingerprint density at radius 3 is 2.18 bits per heavy atom. The lowest BCUT2D eigenvalue weighted by Gasteiger charge is -2.40. The number of urea groups is 1. The number of nitrogens with two attached hydrogens (primary N) is 1. The zero-order valence-corrected chi connectivity index (χ0v) is 28.5. The minimum Gasteiger partial charge on any atom is -0.363 e. The molecule has 11 heteroatoms. The molecule has 3 aliphatic rings. The first-order valence-corrected chi connectivity index (χ1v) is 17.6. The summed E-state index contributed by atoms with van der Waals surface area (Å²) in [6.07, 6.45) is 6.90. The van der Waals surface area contributed by atoms with Crippen LogP contribution in [0.5, 0.6) is 0 Å². The predicted octanol–water partition coefficient (Wildman–Crippen LogP) is 3.96. The number of Topliss-reactive ketones (excluding diaryl/α,β-unsaturated/α-hetero) is 1. The molecule has 1 aliphatic carbocycles. The molecule has 1 saturated carbocycles. The molecule has 2 unspecified atom stereocenters. The molecule has 2 heterocycles. The van der Waals surface area contributed by atoms with Crippen molar-refractivity contribution in [2.45, 2.75) is 116 Å². The Labute approximate surface area is 272 Å². The van der Waals surface area contributed by atoms with Gasteiger partial charge in [-0.25, -0.2) is 4.79 Å². The van der Waals surface area contributed by atoms with Crippen LogP contribution in [-0.2, 0) is 25.6 Å². The predicted molar refractivity (Wildman–Crippen MR) is 179 cm³/mol. The second-order valence-electron chi connectivity index (χ2n) is 13.8. The average Bonchev–Trinajstić information content (AvgIpc) is 3.66. The summed E-state index contributed by atoms with van der Waals surface area (Å²) in [5.41, 5.74) is 5.34. The van der Waals surface area contributed by atoms with E-state index >= 15 is 0 Å². The number of amides is 5. The van der Waals surface area contributed by atoms with Gasteiger partial charge < -0.3 is 26.6 Å². The van der Waals surface area contributed by atoms with E-state index in [0.717, 1.165) is 42.8 Å². The number of nitrogens with one attached hydrogen (secondary N) is 3. The molecule has 45 heavy (non-hydrogen) atoms. The van der Waals surface area contributed by atoms with Crippen molar-refractivity contribution in [3.05, 3.63) is 35.9 Å². The molecule has 2 aliphatic heterocycles. The SMILES string of the molecule is CC(C)(C)C(NC(=O)NC1(Cc2ccccc2)CCSCC1)C(=O)N1CCC[C@H]1C(=O)NC(CC1CC1)C(=O)C(N)=O.CCC. The summed E-state index contributed by atoms with van der Waals surface area (Å²) in [5, 5.41) is 8.92. The maximum Gasteiger partial charge on any atom is 0.315 e. The minimum atomic E-state index is -1.08. The second kappa shape index (κ2) is 16.5. The van der Waals surface area contributed by atoms with Crippen molar-refractivity contribution in [1.82, 2.24) is 20.9 Å². The van der Waals surface area contributed by atoms with Crippen molar-refractivity contribution >= 4 is 41.3 Å². The van der Waals surface area contributed by atoms with Crippen LogP contribution in [-0.4, -0.2) is 76.2 Å². The molecule has 250 valence electrons.